The van der Waals surface area contributed by atoms with Crippen molar-refractivity contribution in [3.63, 3.8) is 0 Å². The molecule has 12 heteroatoms. The van der Waals surface area contributed by atoms with Gasteiger partial charge in [0.2, 0.25) is 5.78 Å². The van der Waals surface area contributed by atoms with E-state index in [-0.39, 0.29) is 17.4 Å². The Hall–Kier alpha value is -5.88. The number of hydrogen-bond donors (Lipinski definition) is 3. The Morgan fingerprint density at radius 3 is 2.35 bits per heavy atom. The molecule has 0 atom stereocenters. The lowest BCUT2D eigenvalue weighted by molar-refractivity contribution is 0.0664. The average Bonchev–Trinajstić information content (AvgIpc) is 3.69. The van der Waals surface area contributed by atoms with Gasteiger partial charge in [-0.1, -0.05) is 0 Å². The molecule has 49 heavy (non-hydrogen) atoms. The molecule has 0 spiro atoms. The van der Waals surface area contributed by atoms with Gasteiger partial charge >= 0.3 is 6.03 Å². The van der Waals surface area contributed by atoms with Gasteiger partial charge in [-0.2, -0.15) is 5.10 Å². The predicted octanol–water partition coefficient (Wildman–Crippen LogP) is 5.84. The van der Waals surface area contributed by atoms with Crippen LogP contribution in [0.15, 0.2) is 66.4 Å². The first kappa shape index (κ1) is 31.7. The Morgan fingerprint density at radius 1 is 0.939 bits per heavy atom. The lowest BCUT2D eigenvalue weighted by Crippen LogP contribution is -2.47. The van der Waals surface area contributed by atoms with E-state index in [0.29, 0.717) is 47.1 Å². The van der Waals surface area contributed by atoms with E-state index in [1.807, 2.05) is 55.7 Å². The maximum atomic E-state index is 13.7. The van der Waals surface area contributed by atoms with E-state index in [4.69, 9.17) is 9.47 Å². The molecule has 0 aliphatic carbocycles. The van der Waals surface area contributed by atoms with Gasteiger partial charge in [-0.25, -0.2) is 4.79 Å². The summed E-state index contributed by atoms with van der Waals surface area (Å²) >= 11 is 0. The zero-order valence-electron chi connectivity index (χ0n) is 28.0. The van der Waals surface area contributed by atoms with Crippen LogP contribution >= 0.6 is 0 Å². The average molecular weight is 660 g/mol. The van der Waals surface area contributed by atoms with Crippen LogP contribution in [0.5, 0.6) is 11.5 Å². The molecule has 2 aromatic heterocycles. The number of aromatic amines is 1. The smallest absolute Gasteiger partial charge is 0.323 e. The number of carbonyl (C=O) groups is 3. The molecule has 3 N–H and O–H groups in total. The van der Waals surface area contributed by atoms with Gasteiger partial charge in [-0.3, -0.25) is 14.3 Å². The molecule has 3 aromatic carbocycles. The number of methoxy groups -OCH3 is 1. The van der Waals surface area contributed by atoms with Crippen LogP contribution in [0.1, 0.15) is 37.7 Å². The third-order valence-corrected chi connectivity index (χ3v) is 9.19. The number of H-pyrrole nitrogens is 1. The minimum Gasteiger partial charge on any atom is -0.497 e. The van der Waals surface area contributed by atoms with Crippen LogP contribution in [0, 0.1) is 13.8 Å². The summed E-state index contributed by atoms with van der Waals surface area (Å²) in [4.78, 5) is 47.0. The number of fused-ring (bicyclic) bond motifs is 2. The number of rotatable bonds is 6. The summed E-state index contributed by atoms with van der Waals surface area (Å²) in [6.45, 7) is 7.02. The molecule has 3 amide bonds. The number of ether oxygens (including phenoxy) is 2. The molecule has 1 saturated heterocycles. The van der Waals surface area contributed by atoms with E-state index >= 15 is 0 Å². The SMILES string of the molecule is COc1ccc2[nH]c(-c3c(C)nn(C)c3C)c(/C=C3/Oc4ccc(NC(=O)Nc5ccc(C(=O)N6CCN(C)CC6)cc5)cc4C3=O)c2c1. The van der Waals surface area contributed by atoms with Crippen molar-refractivity contribution >= 4 is 46.1 Å². The molecule has 5 aromatic rings. The molecule has 0 saturated carbocycles. The standard InChI is InChI=1S/C37H37N7O5/c1-21-33(22(2)43(4)41-21)34-28(27-19-26(48-5)11-12-30(27)40-34)20-32-35(45)29-18-25(10-13-31(29)49-32)39-37(47)38-24-8-6-23(7-9-24)36(46)44-16-14-42(3)15-17-44/h6-13,18-20,40H,14-17H2,1-5H3,(H2,38,39,47)/b32-20+. The van der Waals surface area contributed by atoms with E-state index < -0.39 is 6.03 Å². The lowest BCUT2D eigenvalue weighted by Gasteiger charge is -2.32. The van der Waals surface area contributed by atoms with Crippen LogP contribution in [0.3, 0.4) is 0 Å². The molecule has 0 radical (unpaired) electrons. The van der Waals surface area contributed by atoms with Gasteiger partial charge in [0.15, 0.2) is 5.76 Å². The molecule has 4 heterocycles. The number of benzene rings is 3. The third kappa shape index (κ3) is 6.02. The van der Waals surface area contributed by atoms with Crippen LogP contribution in [-0.2, 0) is 7.05 Å². The minimum atomic E-state index is -0.486. The van der Waals surface area contributed by atoms with Crippen molar-refractivity contribution in [2.24, 2.45) is 7.05 Å². The number of amides is 3. The number of aryl methyl sites for hydroxylation is 2. The van der Waals surface area contributed by atoms with Gasteiger partial charge in [0, 0.05) is 77.9 Å². The predicted molar refractivity (Wildman–Crippen MR) is 188 cm³/mol. The quantitative estimate of drug-likeness (QED) is 0.195. The number of urea groups is 1. The summed E-state index contributed by atoms with van der Waals surface area (Å²) in [5.41, 5.74) is 7.11. The largest absolute Gasteiger partial charge is 0.497 e. The number of carbonyl (C=O) groups excluding carboxylic acids is 3. The van der Waals surface area contributed by atoms with Crippen LogP contribution < -0.4 is 20.1 Å². The van der Waals surface area contributed by atoms with Crippen molar-refractivity contribution < 1.29 is 23.9 Å². The second-order valence-corrected chi connectivity index (χ2v) is 12.4. The van der Waals surface area contributed by atoms with E-state index in [1.54, 1.807) is 55.7 Å². The van der Waals surface area contributed by atoms with Crippen molar-refractivity contribution in [3.8, 4) is 22.8 Å². The van der Waals surface area contributed by atoms with Crippen LogP contribution in [0.25, 0.3) is 28.2 Å². The fourth-order valence-electron chi connectivity index (χ4n) is 6.38. The molecule has 12 nitrogen and oxygen atoms in total. The van der Waals surface area contributed by atoms with Gasteiger partial charge in [-0.05, 0) is 87.6 Å². The molecule has 1 fully saturated rings. The Labute approximate surface area is 283 Å². The highest BCUT2D eigenvalue weighted by atomic mass is 16.5. The van der Waals surface area contributed by atoms with Crippen LogP contribution in [0.2, 0.25) is 0 Å². The first-order valence-electron chi connectivity index (χ1n) is 16.0. The molecule has 2 aliphatic heterocycles. The summed E-state index contributed by atoms with van der Waals surface area (Å²) < 4.78 is 13.4. The van der Waals surface area contributed by atoms with Gasteiger partial charge in [0.25, 0.3) is 5.91 Å². The van der Waals surface area contributed by atoms with Crippen molar-refractivity contribution in [2.45, 2.75) is 13.8 Å². The fourth-order valence-corrected chi connectivity index (χ4v) is 6.38. The topological polar surface area (TPSA) is 134 Å². The number of allylic oxidation sites excluding steroid dienone is 1. The maximum absolute atomic E-state index is 13.7. The number of Topliss-reactive ketones (excluding diaryl/α,β-unsaturated/α-hetero) is 1. The molecule has 7 rings (SSSR count). The van der Waals surface area contributed by atoms with Gasteiger partial charge in [-0.15, -0.1) is 0 Å². The highest BCUT2D eigenvalue weighted by Gasteiger charge is 2.30. The van der Waals surface area contributed by atoms with Gasteiger partial charge < -0.3 is 34.9 Å². The molecule has 0 unspecified atom stereocenters. The Kier molecular flexibility index (Phi) is 8.17. The van der Waals surface area contributed by atoms with E-state index in [0.717, 1.165) is 52.2 Å². The Bertz CT molecular complexity index is 2150. The summed E-state index contributed by atoms with van der Waals surface area (Å²) in [5, 5.41) is 11.0. The number of anilines is 2. The number of nitrogens with one attached hydrogen (secondary N) is 3. The van der Waals surface area contributed by atoms with Gasteiger partial charge in [0.1, 0.15) is 11.5 Å². The normalized spacial score (nSPS) is 15.4. The number of hydrogen-bond acceptors (Lipinski definition) is 7. The second kappa shape index (κ2) is 12.6. The highest BCUT2D eigenvalue weighted by molar-refractivity contribution is 6.16. The zero-order valence-corrected chi connectivity index (χ0v) is 28.0. The first-order valence-corrected chi connectivity index (χ1v) is 16.0. The van der Waals surface area contributed by atoms with E-state index in [9.17, 15) is 14.4 Å². The summed E-state index contributed by atoms with van der Waals surface area (Å²) in [6.07, 6.45) is 1.75. The number of nitrogens with zero attached hydrogens (tertiary/aromatic N) is 4. The van der Waals surface area contributed by atoms with E-state index in [1.165, 1.54) is 0 Å². The highest BCUT2D eigenvalue weighted by Crippen LogP contribution is 2.39. The second-order valence-electron chi connectivity index (χ2n) is 12.4. The molecule has 0 bridgehead atoms. The van der Waals surface area contributed by atoms with Crippen molar-refractivity contribution in [3.05, 3.63) is 94.5 Å². The maximum Gasteiger partial charge on any atom is 0.323 e. The van der Waals surface area contributed by atoms with E-state index in [2.05, 4.69) is 25.6 Å². The molecular formula is C37H37N7O5. The van der Waals surface area contributed by atoms with Crippen LogP contribution in [-0.4, -0.2) is 82.6 Å². The minimum absolute atomic E-state index is 0.0227. The number of aromatic nitrogens is 3. The lowest BCUT2D eigenvalue weighted by atomic mass is 10.0. The summed E-state index contributed by atoms with van der Waals surface area (Å²) in [5.74, 6) is 0.916. The third-order valence-electron chi connectivity index (χ3n) is 9.19. The number of ketones is 1. The molecule has 2 aliphatic rings. The van der Waals surface area contributed by atoms with Crippen molar-refractivity contribution in [1.29, 1.82) is 0 Å². The zero-order chi connectivity index (χ0) is 34.4. The summed E-state index contributed by atoms with van der Waals surface area (Å²) in [6, 6.07) is 17.0. The van der Waals surface area contributed by atoms with Crippen LogP contribution in [0.4, 0.5) is 16.2 Å². The molecular weight excluding hydrogens is 622 g/mol. The van der Waals surface area contributed by atoms with Crippen molar-refractivity contribution in [2.75, 3.05) is 51.0 Å². The Balaban J connectivity index is 1.09. The number of likely N-dealkylation sites (N-methyl/N-ethyl adjacent to an activating group) is 1. The Morgan fingerprint density at radius 2 is 1.65 bits per heavy atom. The van der Waals surface area contributed by atoms with Gasteiger partial charge in [0.05, 0.1) is 24.1 Å². The number of piperazine rings is 1. The van der Waals surface area contributed by atoms with Crippen molar-refractivity contribution in [1.82, 2.24) is 24.6 Å². The first-order chi connectivity index (χ1) is 23.6. The monoisotopic (exact) mass is 659 g/mol. The fraction of sp³-hybridized carbons (Fsp3) is 0.243. The molecule has 250 valence electrons. The summed E-state index contributed by atoms with van der Waals surface area (Å²) in [7, 11) is 5.56.